The van der Waals surface area contributed by atoms with Gasteiger partial charge in [0.05, 0.1) is 11.0 Å². The third-order valence-corrected chi connectivity index (χ3v) is 7.91. The van der Waals surface area contributed by atoms with Gasteiger partial charge in [-0.25, -0.2) is 4.98 Å². The smallest absolute Gasteiger partial charge is 0.181 e. The molecule has 35 heavy (non-hydrogen) atoms. The number of benzene rings is 5. The third kappa shape index (κ3) is 2.33. The van der Waals surface area contributed by atoms with Gasteiger partial charge in [-0.3, -0.25) is 0 Å². The van der Waals surface area contributed by atoms with E-state index in [1.165, 1.54) is 61.2 Å². The maximum absolute atomic E-state index is 5.51. The topological polar surface area (TPSA) is 31.0 Å². The number of rotatable bonds is 1. The molecule has 5 aromatic carbocycles. The first-order valence-electron chi connectivity index (χ1n) is 12.1. The SMILES string of the molecule is CC1(C)c2ccccc2-c2ccc3ccc4c(c5ccccc5n4-c4ccc5ocnc5c4)c3c21. The second kappa shape index (κ2) is 6.39. The molecular formula is C32H22N2O. The van der Waals surface area contributed by atoms with Crippen LogP contribution in [0.1, 0.15) is 25.0 Å². The first kappa shape index (κ1) is 19.0. The number of fused-ring (bicyclic) bond motifs is 10. The van der Waals surface area contributed by atoms with Gasteiger partial charge >= 0.3 is 0 Å². The van der Waals surface area contributed by atoms with E-state index in [-0.39, 0.29) is 5.41 Å². The molecule has 7 aromatic rings. The second-order valence-electron chi connectivity index (χ2n) is 10.1. The third-order valence-electron chi connectivity index (χ3n) is 7.91. The van der Waals surface area contributed by atoms with Crippen LogP contribution in [-0.4, -0.2) is 9.55 Å². The molecule has 0 saturated carbocycles. The molecule has 166 valence electrons. The van der Waals surface area contributed by atoms with E-state index in [1.807, 2.05) is 6.07 Å². The average Bonchev–Trinajstić information content (AvgIpc) is 3.55. The predicted octanol–water partition coefficient (Wildman–Crippen LogP) is 8.38. The van der Waals surface area contributed by atoms with Crippen molar-refractivity contribution in [3.8, 4) is 16.8 Å². The van der Waals surface area contributed by atoms with Crippen molar-refractivity contribution in [1.82, 2.24) is 9.55 Å². The zero-order valence-electron chi connectivity index (χ0n) is 19.5. The summed E-state index contributed by atoms with van der Waals surface area (Å²) in [6.07, 6.45) is 1.51. The lowest BCUT2D eigenvalue weighted by Gasteiger charge is -2.23. The first-order valence-corrected chi connectivity index (χ1v) is 12.1. The Labute approximate surface area is 202 Å². The molecule has 1 aliphatic carbocycles. The maximum Gasteiger partial charge on any atom is 0.181 e. The maximum atomic E-state index is 5.51. The Kier molecular flexibility index (Phi) is 3.47. The zero-order valence-corrected chi connectivity index (χ0v) is 19.5. The van der Waals surface area contributed by atoms with Gasteiger partial charge in [0, 0.05) is 21.9 Å². The largest absolute Gasteiger partial charge is 0.443 e. The van der Waals surface area contributed by atoms with E-state index in [2.05, 4.69) is 108 Å². The molecule has 0 saturated heterocycles. The molecule has 0 bridgehead atoms. The van der Waals surface area contributed by atoms with Gasteiger partial charge in [0.15, 0.2) is 12.0 Å². The summed E-state index contributed by atoms with van der Waals surface area (Å²) in [5.74, 6) is 0. The van der Waals surface area contributed by atoms with E-state index < -0.39 is 0 Å². The van der Waals surface area contributed by atoms with Crippen LogP contribution in [0.4, 0.5) is 0 Å². The molecule has 0 N–H and O–H groups in total. The molecule has 8 rings (SSSR count). The van der Waals surface area contributed by atoms with Crippen LogP contribution in [0.2, 0.25) is 0 Å². The molecule has 0 atom stereocenters. The molecule has 0 radical (unpaired) electrons. The molecular weight excluding hydrogens is 428 g/mol. The van der Waals surface area contributed by atoms with Gasteiger partial charge < -0.3 is 8.98 Å². The minimum atomic E-state index is -0.0808. The van der Waals surface area contributed by atoms with E-state index >= 15 is 0 Å². The first-order chi connectivity index (χ1) is 17.1. The fraction of sp³-hybridized carbons (Fsp3) is 0.0938. The Morgan fingerprint density at radius 2 is 1.57 bits per heavy atom. The van der Waals surface area contributed by atoms with Crippen LogP contribution < -0.4 is 0 Å². The molecule has 0 spiro atoms. The number of oxazole rings is 1. The summed E-state index contributed by atoms with van der Waals surface area (Å²) >= 11 is 0. The van der Waals surface area contributed by atoms with Crippen molar-refractivity contribution in [2.75, 3.05) is 0 Å². The lowest BCUT2D eigenvalue weighted by atomic mass is 9.79. The Morgan fingerprint density at radius 3 is 2.51 bits per heavy atom. The Hall–Kier alpha value is -4.37. The number of hydrogen-bond acceptors (Lipinski definition) is 2. The lowest BCUT2D eigenvalue weighted by Crippen LogP contribution is -2.15. The predicted molar refractivity (Wildman–Crippen MR) is 143 cm³/mol. The highest BCUT2D eigenvalue weighted by molar-refractivity contribution is 6.23. The summed E-state index contributed by atoms with van der Waals surface area (Å²) in [6, 6.07) is 33.0. The molecule has 0 fully saturated rings. The van der Waals surface area contributed by atoms with E-state index in [9.17, 15) is 0 Å². The minimum Gasteiger partial charge on any atom is -0.443 e. The van der Waals surface area contributed by atoms with Crippen LogP contribution in [-0.2, 0) is 5.41 Å². The van der Waals surface area contributed by atoms with Crippen LogP contribution in [0.25, 0.3) is 60.5 Å². The van der Waals surface area contributed by atoms with E-state index in [1.54, 1.807) is 0 Å². The fourth-order valence-corrected chi connectivity index (χ4v) is 6.41. The van der Waals surface area contributed by atoms with Gasteiger partial charge in [0.2, 0.25) is 0 Å². The summed E-state index contributed by atoms with van der Waals surface area (Å²) in [6.45, 7) is 4.74. The standard InChI is InChI=1S/C32H22N2O/c1-32(2)24-9-5-3-7-21(24)22-14-11-19-12-15-27-30(29(19)31(22)32)23-8-4-6-10-26(23)34(27)20-13-16-28-25(17-20)33-18-35-28/h3-18H,1-2H3. The Morgan fingerprint density at radius 1 is 0.743 bits per heavy atom. The quantitative estimate of drug-likeness (QED) is 0.251. The van der Waals surface area contributed by atoms with Gasteiger partial charge in [-0.05, 0) is 63.4 Å². The van der Waals surface area contributed by atoms with Gasteiger partial charge in [-0.15, -0.1) is 0 Å². The van der Waals surface area contributed by atoms with Crippen molar-refractivity contribution >= 4 is 43.7 Å². The summed E-state index contributed by atoms with van der Waals surface area (Å²) in [7, 11) is 0. The summed E-state index contributed by atoms with van der Waals surface area (Å²) in [5, 5.41) is 5.23. The summed E-state index contributed by atoms with van der Waals surface area (Å²) in [5.41, 5.74) is 10.6. The van der Waals surface area contributed by atoms with Gasteiger partial charge in [0.1, 0.15) is 5.52 Å². The van der Waals surface area contributed by atoms with Crippen molar-refractivity contribution in [1.29, 1.82) is 0 Å². The number of aromatic nitrogens is 2. The lowest BCUT2D eigenvalue weighted by molar-refractivity contribution is 0.602. The molecule has 0 aliphatic heterocycles. The Bertz CT molecular complexity index is 1990. The Balaban J connectivity index is 1.57. The molecule has 0 amide bonds. The van der Waals surface area contributed by atoms with Gasteiger partial charge in [0.25, 0.3) is 0 Å². The second-order valence-corrected chi connectivity index (χ2v) is 10.1. The van der Waals surface area contributed by atoms with Crippen molar-refractivity contribution in [3.63, 3.8) is 0 Å². The monoisotopic (exact) mass is 450 g/mol. The van der Waals surface area contributed by atoms with Crippen molar-refractivity contribution < 1.29 is 4.42 Å². The van der Waals surface area contributed by atoms with E-state index in [0.717, 1.165) is 16.8 Å². The molecule has 2 aromatic heterocycles. The van der Waals surface area contributed by atoms with Crippen LogP contribution >= 0.6 is 0 Å². The highest BCUT2D eigenvalue weighted by atomic mass is 16.3. The van der Waals surface area contributed by atoms with Gasteiger partial charge in [-0.1, -0.05) is 74.5 Å². The normalized spacial score (nSPS) is 14.2. The fourth-order valence-electron chi connectivity index (χ4n) is 6.41. The van der Waals surface area contributed by atoms with Crippen molar-refractivity contribution in [2.45, 2.75) is 19.3 Å². The highest BCUT2D eigenvalue weighted by Gasteiger charge is 2.37. The van der Waals surface area contributed by atoms with Crippen LogP contribution in [0.3, 0.4) is 0 Å². The molecule has 2 heterocycles. The average molecular weight is 451 g/mol. The van der Waals surface area contributed by atoms with E-state index in [4.69, 9.17) is 4.42 Å². The number of hydrogen-bond donors (Lipinski definition) is 0. The molecule has 3 nitrogen and oxygen atoms in total. The van der Waals surface area contributed by atoms with Gasteiger partial charge in [-0.2, -0.15) is 0 Å². The van der Waals surface area contributed by atoms with Crippen LogP contribution in [0.15, 0.2) is 102 Å². The number of nitrogens with zero attached hydrogens (tertiary/aromatic N) is 2. The van der Waals surface area contributed by atoms with Crippen LogP contribution in [0.5, 0.6) is 0 Å². The summed E-state index contributed by atoms with van der Waals surface area (Å²) in [4.78, 5) is 4.41. The van der Waals surface area contributed by atoms with Crippen molar-refractivity contribution in [2.24, 2.45) is 0 Å². The zero-order chi connectivity index (χ0) is 23.3. The molecule has 1 aliphatic rings. The van der Waals surface area contributed by atoms with Crippen LogP contribution in [0, 0.1) is 0 Å². The molecule has 3 heteroatoms. The van der Waals surface area contributed by atoms with Crippen molar-refractivity contribution in [3.05, 3.63) is 109 Å². The minimum absolute atomic E-state index is 0.0808. The summed E-state index contributed by atoms with van der Waals surface area (Å²) < 4.78 is 7.87. The number of para-hydroxylation sites is 1. The van der Waals surface area contributed by atoms with E-state index in [0.29, 0.717) is 0 Å². The molecule has 0 unspecified atom stereocenters. The highest BCUT2D eigenvalue weighted by Crippen LogP contribution is 2.53.